The van der Waals surface area contributed by atoms with Crippen LogP contribution in [0.4, 0.5) is 0 Å². The Kier molecular flexibility index (Phi) is 6.23. The molecule has 0 fully saturated rings. The molecule has 0 unspecified atom stereocenters. The molecule has 0 spiro atoms. The monoisotopic (exact) mass is 393 g/mol. The average Bonchev–Trinajstić information content (AvgIpc) is 2.75. The first kappa shape index (κ1) is 20.5. The van der Waals surface area contributed by atoms with Gasteiger partial charge < -0.3 is 15.9 Å². The molecule has 0 saturated heterocycles. The minimum Gasteiger partial charge on any atom is -0.507 e. The summed E-state index contributed by atoms with van der Waals surface area (Å²) in [6.07, 6.45) is -0.744. The number of aromatic hydroxyl groups is 1. The number of nitrogens with two attached hydrogens (primary N) is 2. The highest BCUT2D eigenvalue weighted by Crippen LogP contribution is 2.26. The summed E-state index contributed by atoms with van der Waals surface area (Å²) in [6.45, 7) is 0. The highest BCUT2D eigenvalue weighted by atomic mass is 16.3. The number of aryl methyl sites for hydroxylation is 1. The van der Waals surface area contributed by atoms with Gasteiger partial charge in [0.1, 0.15) is 11.9 Å². The molecule has 6 N–H and O–H groups in total. The highest BCUT2D eigenvalue weighted by molar-refractivity contribution is 6.08. The van der Waals surface area contributed by atoms with Crippen LogP contribution in [0.5, 0.6) is 5.75 Å². The minimum atomic E-state index is -1.64. The SMILES string of the molecule is N[C@H](CCc1ccccc1)[C@H](O)C(=O)N(N)C(=O)c1cc2ccccc2cc1O. The van der Waals surface area contributed by atoms with Gasteiger partial charge in [0, 0.05) is 6.04 Å². The van der Waals surface area contributed by atoms with Crippen LogP contribution in [-0.2, 0) is 11.2 Å². The first-order valence-corrected chi connectivity index (χ1v) is 9.21. The number of phenols is 1. The van der Waals surface area contributed by atoms with Crippen LogP contribution in [0.1, 0.15) is 22.3 Å². The zero-order valence-electron chi connectivity index (χ0n) is 15.7. The molecule has 3 rings (SSSR count). The Labute approximate surface area is 168 Å². The number of nitrogens with zero attached hydrogens (tertiary/aromatic N) is 1. The molecule has 0 aliphatic heterocycles. The van der Waals surface area contributed by atoms with Crippen molar-refractivity contribution >= 4 is 22.6 Å². The van der Waals surface area contributed by atoms with Crippen LogP contribution >= 0.6 is 0 Å². The van der Waals surface area contributed by atoms with Crippen molar-refractivity contribution in [1.29, 1.82) is 0 Å². The molecule has 0 bridgehead atoms. The normalized spacial score (nSPS) is 13.1. The number of hydrogen-bond acceptors (Lipinski definition) is 6. The maximum absolute atomic E-state index is 12.6. The van der Waals surface area contributed by atoms with E-state index in [4.69, 9.17) is 11.6 Å². The summed E-state index contributed by atoms with van der Waals surface area (Å²) in [5, 5.41) is 22.2. The molecule has 0 saturated carbocycles. The predicted molar refractivity (Wildman–Crippen MR) is 110 cm³/mol. The second-order valence-corrected chi connectivity index (χ2v) is 6.86. The van der Waals surface area contributed by atoms with Crippen molar-refractivity contribution in [2.24, 2.45) is 11.6 Å². The number of fused-ring (bicyclic) bond motifs is 1. The largest absolute Gasteiger partial charge is 0.507 e. The molecular weight excluding hydrogens is 370 g/mol. The van der Waals surface area contributed by atoms with Crippen molar-refractivity contribution in [1.82, 2.24) is 5.01 Å². The van der Waals surface area contributed by atoms with Gasteiger partial charge in [-0.3, -0.25) is 9.59 Å². The lowest BCUT2D eigenvalue weighted by Crippen LogP contribution is -2.53. The van der Waals surface area contributed by atoms with E-state index in [2.05, 4.69) is 0 Å². The van der Waals surface area contributed by atoms with Gasteiger partial charge in [-0.1, -0.05) is 54.6 Å². The van der Waals surface area contributed by atoms with Crippen LogP contribution in [0.3, 0.4) is 0 Å². The number of carbonyl (C=O) groups is 2. The van der Waals surface area contributed by atoms with Crippen LogP contribution in [-0.4, -0.2) is 39.2 Å². The molecule has 3 aromatic carbocycles. The standard InChI is InChI=1S/C22H23N3O4/c23-18(11-10-14-6-2-1-3-7-14)20(27)22(29)25(24)21(28)17-12-15-8-4-5-9-16(15)13-19(17)26/h1-9,12-13,18,20,26-27H,10-11,23-24H2/t18-,20+/m1/s1. The Morgan fingerprint density at radius 1 is 0.966 bits per heavy atom. The quantitative estimate of drug-likeness (QED) is 0.287. The van der Waals surface area contributed by atoms with Crippen LogP contribution < -0.4 is 11.6 Å². The summed E-state index contributed by atoms with van der Waals surface area (Å²) >= 11 is 0. The van der Waals surface area contributed by atoms with Gasteiger partial charge in [-0.25, -0.2) is 10.9 Å². The molecular formula is C22H23N3O4. The van der Waals surface area contributed by atoms with Gasteiger partial charge in [0.2, 0.25) is 0 Å². The van der Waals surface area contributed by atoms with E-state index in [1.54, 1.807) is 24.3 Å². The fourth-order valence-electron chi connectivity index (χ4n) is 3.09. The number of aliphatic hydroxyl groups is 1. The predicted octanol–water partition coefficient (Wildman–Crippen LogP) is 1.71. The minimum absolute atomic E-state index is 0.135. The van der Waals surface area contributed by atoms with Crippen molar-refractivity contribution in [3.05, 3.63) is 77.9 Å². The Morgan fingerprint density at radius 2 is 1.55 bits per heavy atom. The summed E-state index contributed by atoms with van der Waals surface area (Å²) in [4.78, 5) is 25.1. The number of hydrogen-bond donors (Lipinski definition) is 4. The average molecular weight is 393 g/mol. The van der Waals surface area contributed by atoms with Gasteiger partial charge in [0.05, 0.1) is 5.56 Å². The van der Waals surface area contributed by atoms with E-state index in [0.717, 1.165) is 10.9 Å². The van der Waals surface area contributed by atoms with E-state index < -0.39 is 24.0 Å². The fraction of sp³-hybridized carbons (Fsp3) is 0.182. The topological polar surface area (TPSA) is 130 Å². The van der Waals surface area contributed by atoms with Crippen molar-refractivity contribution in [3.63, 3.8) is 0 Å². The van der Waals surface area contributed by atoms with E-state index in [9.17, 15) is 19.8 Å². The maximum Gasteiger partial charge on any atom is 0.278 e. The van der Waals surface area contributed by atoms with Crippen LogP contribution in [0.15, 0.2) is 66.7 Å². The lowest BCUT2D eigenvalue weighted by atomic mass is 10.0. The molecule has 2 atom stereocenters. The second-order valence-electron chi connectivity index (χ2n) is 6.86. The lowest BCUT2D eigenvalue weighted by Gasteiger charge is -2.23. The number of rotatable bonds is 6. The lowest BCUT2D eigenvalue weighted by molar-refractivity contribution is -0.138. The molecule has 3 aromatic rings. The maximum atomic E-state index is 12.6. The Bertz CT molecular complexity index is 1020. The molecule has 2 amide bonds. The van der Waals surface area contributed by atoms with E-state index in [1.165, 1.54) is 12.1 Å². The zero-order chi connectivity index (χ0) is 21.0. The van der Waals surface area contributed by atoms with Gasteiger partial charge >= 0.3 is 0 Å². The number of carbonyl (C=O) groups excluding carboxylic acids is 2. The van der Waals surface area contributed by atoms with Gasteiger partial charge in [-0.2, -0.15) is 0 Å². The fourth-order valence-corrected chi connectivity index (χ4v) is 3.09. The third-order valence-corrected chi connectivity index (χ3v) is 4.82. The summed E-state index contributed by atoms with van der Waals surface area (Å²) in [6, 6.07) is 18.6. The summed E-state index contributed by atoms with van der Waals surface area (Å²) in [5.41, 5.74) is 6.82. The van der Waals surface area contributed by atoms with E-state index in [1.807, 2.05) is 30.3 Å². The molecule has 0 aliphatic carbocycles. The number of phenolic OH excluding ortho intramolecular Hbond substituents is 1. The first-order chi connectivity index (χ1) is 13.9. The molecule has 0 heterocycles. The second kappa shape index (κ2) is 8.83. The van der Waals surface area contributed by atoms with Gasteiger partial charge in [-0.15, -0.1) is 0 Å². The Hall–Kier alpha value is -3.26. The summed E-state index contributed by atoms with van der Waals surface area (Å²) in [5.74, 6) is 3.41. The zero-order valence-corrected chi connectivity index (χ0v) is 15.7. The highest BCUT2D eigenvalue weighted by Gasteiger charge is 2.31. The summed E-state index contributed by atoms with van der Waals surface area (Å²) < 4.78 is 0. The van der Waals surface area contributed by atoms with Crippen LogP contribution in [0, 0.1) is 0 Å². The van der Waals surface area contributed by atoms with E-state index in [-0.39, 0.29) is 11.3 Å². The number of benzene rings is 3. The van der Waals surface area contributed by atoms with E-state index in [0.29, 0.717) is 23.2 Å². The molecule has 0 radical (unpaired) electrons. The van der Waals surface area contributed by atoms with Crippen molar-refractivity contribution in [3.8, 4) is 5.75 Å². The molecule has 7 nitrogen and oxygen atoms in total. The third kappa shape index (κ3) is 4.60. The van der Waals surface area contributed by atoms with Gasteiger partial charge in [-0.05, 0) is 41.3 Å². The Balaban J connectivity index is 1.70. The molecule has 150 valence electrons. The number of aliphatic hydroxyl groups excluding tert-OH is 1. The molecule has 0 aromatic heterocycles. The van der Waals surface area contributed by atoms with Gasteiger partial charge in [0.15, 0.2) is 0 Å². The van der Waals surface area contributed by atoms with Crippen molar-refractivity contribution in [2.45, 2.75) is 25.0 Å². The number of amides is 2. The van der Waals surface area contributed by atoms with Crippen LogP contribution in [0.25, 0.3) is 10.8 Å². The number of hydrazine groups is 1. The van der Waals surface area contributed by atoms with E-state index >= 15 is 0 Å². The smallest absolute Gasteiger partial charge is 0.278 e. The summed E-state index contributed by atoms with van der Waals surface area (Å²) in [7, 11) is 0. The van der Waals surface area contributed by atoms with Crippen molar-refractivity contribution in [2.75, 3.05) is 0 Å². The molecule has 7 heteroatoms. The Morgan fingerprint density at radius 3 is 2.21 bits per heavy atom. The van der Waals surface area contributed by atoms with Crippen molar-refractivity contribution < 1.29 is 19.8 Å². The number of imide groups is 1. The third-order valence-electron chi connectivity index (χ3n) is 4.82. The van der Waals surface area contributed by atoms with Crippen LogP contribution in [0.2, 0.25) is 0 Å². The van der Waals surface area contributed by atoms with Gasteiger partial charge in [0.25, 0.3) is 11.8 Å². The molecule has 0 aliphatic rings. The first-order valence-electron chi connectivity index (χ1n) is 9.21. The molecule has 29 heavy (non-hydrogen) atoms.